The van der Waals surface area contributed by atoms with Crippen LogP contribution in [0.1, 0.15) is 24.5 Å². The van der Waals surface area contributed by atoms with Crippen molar-refractivity contribution < 1.29 is 14.6 Å². The normalized spacial score (nSPS) is 10.7. The summed E-state index contributed by atoms with van der Waals surface area (Å²) in [5, 5.41) is 8.93. The highest BCUT2D eigenvalue weighted by atomic mass is 16.5. The van der Waals surface area contributed by atoms with Gasteiger partial charge in [-0.25, -0.2) is 0 Å². The lowest BCUT2D eigenvalue weighted by Gasteiger charge is -2.03. The van der Waals surface area contributed by atoms with Gasteiger partial charge in [0.15, 0.2) is 0 Å². The summed E-state index contributed by atoms with van der Waals surface area (Å²) in [5.41, 5.74) is 2.11. The van der Waals surface area contributed by atoms with Crippen molar-refractivity contribution >= 4 is 12.0 Å². The van der Waals surface area contributed by atoms with Crippen LogP contribution in [0.4, 0.5) is 0 Å². The van der Waals surface area contributed by atoms with E-state index in [1.807, 2.05) is 30.3 Å². The molecule has 3 nitrogen and oxygen atoms in total. The molecule has 1 rings (SSSR count). The molecule has 0 amide bonds. The van der Waals surface area contributed by atoms with E-state index in [1.165, 1.54) is 0 Å². The Morgan fingerprint density at radius 3 is 2.88 bits per heavy atom. The van der Waals surface area contributed by atoms with Crippen LogP contribution in [0.2, 0.25) is 0 Å². The van der Waals surface area contributed by atoms with E-state index in [2.05, 4.69) is 0 Å². The fourth-order valence-corrected chi connectivity index (χ4v) is 1.55. The van der Waals surface area contributed by atoms with E-state index in [4.69, 9.17) is 9.84 Å². The number of rotatable bonds is 6. The highest BCUT2D eigenvalue weighted by Crippen LogP contribution is 2.11. The minimum absolute atomic E-state index is 0.128. The maximum atomic E-state index is 11.1. The number of hydrogen-bond acceptors (Lipinski definition) is 3. The van der Waals surface area contributed by atoms with Crippen molar-refractivity contribution in [2.24, 2.45) is 0 Å². The number of aliphatic hydroxyl groups excluding tert-OH is 1. The Morgan fingerprint density at radius 1 is 1.41 bits per heavy atom. The summed E-state index contributed by atoms with van der Waals surface area (Å²) >= 11 is 0. The molecular weight excluding hydrogens is 216 g/mol. The van der Waals surface area contributed by atoms with E-state index < -0.39 is 0 Å². The lowest BCUT2D eigenvalue weighted by molar-refractivity contribution is -0.142. The Bertz CT molecular complexity index is 383. The van der Waals surface area contributed by atoms with E-state index in [-0.39, 0.29) is 19.0 Å². The largest absolute Gasteiger partial charge is 0.466 e. The number of ether oxygens (including phenoxy) is 1. The first-order chi connectivity index (χ1) is 8.27. The summed E-state index contributed by atoms with van der Waals surface area (Å²) in [7, 11) is 0. The number of esters is 1. The van der Waals surface area contributed by atoms with Crippen molar-refractivity contribution in [3.05, 3.63) is 41.5 Å². The number of carbonyl (C=O) groups excluding carboxylic acids is 1. The monoisotopic (exact) mass is 234 g/mol. The first kappa shape index (κ1) is 13.5. The summed E-state index contributed by atoms with van der Waals surface area (Å²) < 4.78 is 4.83. The molecule has 3 heteroatoms. The lowest BCUT2D eigenvalue weighted by atomic mass is 10.0. The molecule has 0 radical (unpaired) electrons. The minimum atomic E-state index is -0.219. The van der Waals surface area contributed by atoms with Crippen molar-refractivity contribution in [3.63, 3.8) is 0 Å². The molecule has 0 fully saturated rings. The van der Waals surface area contributed by atoms with Gasteiger partial charge in [0, 0.05) is 6.61 Å². The summed E-state index contributed by atoms with van der Waals surface area (Å²) in [6.07, 6.45) is 4.58. The first-order valence-electron chi connectivity index (χ1n) is 5.78. The van der Waals surface area contributed by atoms with Crippen LogP contribution in [0.15, 0.2) is 30.3 Å². The van der Waals surface area contributed by atoms with Gasteiger partial charge in [0.25, 0.3) is 0 Å². The molecule has 17 heavy (non-hydrogen) atoms. The van der Waals surface area contributed by atoms with Crippen LogP contribution in [0.25, 0.3) is 6.08 Å². The van der Waals surface area contributed by atoms with Crippen molar-refractivity contribution in [1.29, 1.82) is 0 Å². The third-order valence-electron chi connectivity index (χ3n) is 2.32. The summed E-state index contributed by atoms with van der Waals surface area (Å²) in [6.45, 7) is 2.33. The van der Waals surface area contributed by atoms with Crippen LogP contribution >= 0.6 is 0 Å². The van der Waals surface area contributed by atoms with E-state index in [9.17, 15) is 4.79 Å². The Labute approximate surface area is 102 Å². The highest BCUT2D eigenvalue weighted by molar-refractivity contribution is 5.72. The summed E-state index contributed by atoms with van der Waals surface area (Å²) in [6, 6.07) is 7.81. The van der Waals surface area contributed by atoms with Crippen LogP contribution < -0.4 is 0 Å². The van der Waals surface area contributed by atoms with E-state index in [1.54, 1.807) is 13.0 Å². The van der Waals surface area contributed by atoms with Crippen LogP contribution in [-0.2, 0) is 16.0 Å². The van der Waals surface area contributed by atoms with Gasteiger partial charge in [0.05, 0.1) is 13.0 Å². The molecule has 0 aromatic heterocycles. The molecule has 0 aliphatic carbocycles. The molecular formula is C14H18O3. The highest BCUT2D eigenvalue weighted by Gasteiger charge is 1.99. The Balaban J connectivity index is 2.61. The third kappa shape index (κ3) is 4.83. The minimum Gasteiger partial charge on any atom is -0.466 e. The maximum absolute atomic E-state index is 11.1. The number of benzene rings is 1. The van der Waals surface area contributed by atoms with Crippen LogP contribution in [0, 0.1) is 0 Å². The van der Waals surface area contributed by atoms with Gasteiger partial charge in [-0.05, 0) is 24.5 Å². The zero-order valence-corrected chi connectivity index (χ0v) is 10.1. The predicted molar refractivity (Wildman–Crippen MR) is 67.5 cm³/mol. The molecule has 1 aromatic carbocycles. The van der Waals surface area contributed by atoms with Crippen molar-refractivity contribution in [1.82, 2.24) is 0 Å². The molecule has 0 bridgehead atoms. The summed E-state index contributed by atoms with van der Waals surface area (Å²) in [5.74, 6) is -0.219. The Kier molecular flexibility index (Phi) is 6.04. The van der Waals surface area contributed by atoms with Gasteiger partial charge in [-0.2, -0.15) is 0 Å². The van der Waals surface area contributed by atoms with E-state index in [0.29, 0.717) is 13.0 Å². The fraction of sp³-hybridized carbons (Fsp3) is 0.357. The molecule has 0 unspecified atom stereocenters. The smallest absolute Gasteiger partial charge is 0.309 e. The average Bonchev–Trinajstić information content (AvgIpc) is 2.32. The average molecular weight is 234 g/mol. The van der Waals surface area contributed by atoms with Gasteiger partial charge in [-0.3, -0.25) is 4.79 Å². The zero-order valence-electron chi connectivity index (χ0n) is 10.1. The van der Waals surface area contributed by atoms with Crippen LogP contribution in [-0.4, -0.2) is 24.3 Å². The van der Waals surface area contributed by atoms with Crippen LogP contribution in [0.5, 0.6) is 0 Å². The molecule has 0 aliphatic heterocycles. The number of carbonyl (C=O) groups is 1. The van der Waals surface area contributed by atoms with Gasteiger partial charge >= 0.3 is 5.97 Å². The second kappa shape index (κ2) is 7.63. The molecule has 0 heterocycles. The standard InChI is InChI=1S/C14H18O3/c1-2-17-14(16)9-5-8-12-6-3-4-7-13(12)10-11-15/h3-8,15H,2,9-11H2,1H3. The molecule has 0 aliphatic rings. The van der Waals surface area contributed by atoms with Gasteiger partial charge in [0.2, 0.25) is 0 Å². The third-order valence-corrected chi connectivity index (χ3v) is 2.32. The van der Waals surface area contributed by atoms with Gasteiger partial charge in [-0.1, -0.05) is 36.4 Å². The number of aliphatic hydroxyl groups is 1. The predicted octanol–water partition coefficient (Wildman–Crippen LogP) is 2.19. The maximum Gasteiger partial charge on any atom is 0.309 e. The Morgan fingerprint density at radius 2 is 2.18 bits per heavy atom. The second-order valence-corrected chi connectivity index (χ2v) is 3.58. The van der Waals surface area contributed by atoms with Crippen LogP contribution in [0.3, 0.4) is 0 Å². The molecule has 0 atom stereocenters. The summed E-state index contributed by atoms with van der Waals surface area (Å²) in [4.78, 5) is 11.1. The Hall–Kier alpha value is -1.61. The lowest BCUT2D eigenvalue weighted by Crippen LogP contribution is -2.01. The second-order valence-electron chi connectivity index (χ2n) is 3.58. The molecule has 0 spiro atoms. The van der Waals surface area contributed by atoms with E-state index in [0.717, 1.165) is 11.1 Å². The molecule has 0 saturated heterocycles. The zero-order chi connectivity index (χ0) is 12.5. The number of hydrogen-bond donors (Lipinski definition) is 1. The molecule has 1 aromatic rings. The van der Waals surface area contributed by atoms with Crippen molar-refractivity contribution in [3.8, 4) is 0 Å². The quantitative estimate of drug-likeness (QED) is 0.767. The van der Waals surface area contributed by atoms with Crippen molar-refractivity contribution in [2.45, 2.75) is 19.8 Å². The molecule has 1 N–H and O–H groups in total. The molecule has 92 valence electrons. The SMILES string of the molecule is CCOC(=O)CC=Cc1ccccc1CCO. The topological polar surface area (TPSA) is 46.5 Å². The fourth-order valence-electron chi connectivity index (χ4n) is 1.55. The first-order valence-corrected chi connectivity index (χ1v) is 5.78. The van der Waals surface area contributed by atoms with Gasteiger partial charge in [-0.15, -0.1) is 0 Å². The molecule has 0 saturated carbocycles. The van der Waals surface area contributed by atoms with Gasteiger partial charge < -0.3 is 9.84 Å². The van der Waals surface area contributed by atoms with Crippen molar-refractivity contribution in [2.75, 3.05) is 13.2 Å². The van der Waals surface area contributed by atoms with E-state index >= 15 is 0 Å². The van der Waals surface area contributed by atoms with Gasteiger partial charge in [0.1, 0.15) is 0 Å².